The molecule has 0 aromatic carbocycles. The third-order valence-electron chi connectivity index (χ3n) is 6.68. The summed E-state index contributed by atoms with van der Waals surface area (Å²) >= 11 is 0. The van der Waals surface area contributed by atoms with Crippen molar-refractivity contribution in [3.05, 3.63) is 18.2 Å². The Bertz CT molecular complexity index is 1190. The minimum atomic E-state index is -1.67. The Kier molecular flexibility index (Phi) is 16.9. The van der Waals surface area contributed by atoms with Crippen molar-refractivity contribution in [2.75, 3.05) is 13.1 Å². The number of aromatic nitrogens is 2. The number of aliphatic hydroxyl groups excluding tert-OH is 1. The third kappa shape index (κ3) is 14.0. The summed E-state index contributed by atoms with van der Waals surface area (Å²) in [5, 5.41) is 30.7. The van der Waals surface area contributed by atoms with Crippen LogP contribution in [0.25, 0.3) is 0 Å². The molecule has 1 heterocycles. The molecule has 258 valence electrons. The van der Waals surface area contributed by atoms with E-state index in [4.69, 9.17) is 17.2 Å². The number of nitrogens with two attached hydrogens (primary N) is 3. The van der Waals surface area contributed by atoms with Gasteiger partial charge in [0.2, 0.25) is 35.4 Å². The molecule has 0 fully saturated rings. The number of hydrogen-bond donors (Lipinski definition) is 11. The Hall–Kier alpha value is -4.62. The molecule has 19 heteroatoms. The predicted octanol–water partition coefficient (Wildman–Crippen LogP) is -4.54. The fourth-order valence-corrected chi connectivity index (χ4v) is 4.13. The minimum absolute atomic E-state index is 0.0159. The first-order valence-electron chi connectivity index (χ1n) is 14.7. The van der Waals surface area contributed by atoms with Crippen LogP contribution < -0.4 is 43.8 Å². The highest BCUT2D eigenvalue weighted by Gasteiger charge is 2.32. The van der Waals surface area contributed by atoms with Crippen LogP contribution in [-0.4, -0.2) is 111 Å². The number of amides is 6. The number of aliphatic carboxylic acids is 1. The van der Waals surface area contributed by atoms with Gasteiger partial charge in [-0.25, -0.2) is 9.78 Å². The predicted molar refractivity (Wildman–Crippen MR) is 162 cm³/mol. The summed E-state index contributed by atoms with van der Waals surface area (Å²) in [5.41, 5.74) is 17.3. The molecule has 19 nitrogen and oxygen atoms in total. The lowest BCUT2D eigenvalue weighted by atomic mass is 10.0. The van der Waals surface area contributed by atoms with Gasteiger partial charge < -0.3 is 59.0 Å². The number of rotatable bonds is 21. The van der Waals surface area contributed by atoms with Gasteiger partial charge in [0.05, 0.1) is 31.4 Å². The summed E-state index contributed by atoms with van der Waals surface area (Å²) in [6, 6.07) is -6.62. The maximum atomic E-state index is 13.1. The van der Waals surface area contributed by atoms with Gasteiger partial charge >= 0.3 is 5.97 Å². The number of carboxylic acid groups (broad SMARTS) is 1. The summed E-state index contributed by atoms with van der Waals surface area (Å²) in [6.07, 6.45) is 1.78. The lowest BCUT2D eigenvalue weighted by molar-refractivity contribution is -0.145. The van der Waals surface area contributed by atoms with Crippen molar-refractivity contribution in [1.29, 1.82) is 0 Å². The molecular weight excluding hydrogens is 608 g/mol. The SMILES string of the molecule is CC(C)[C@H](NC(=O)[C@@H](N)Cc1cnc[nH]1)C(=O)NCC(=O)N[C@@H](CC(N)=O)C(=O)N[C@@H](CCCCN)C(=O)N[C@H](C(=O)O)[C@@H](C)O. The number of primary amides is 1. The number of unbranched alkanes of at least 4 members (excludes halogenated alkanes) is 1. The Labute approximate surface area is 265 Å². The lowest BCUT2D eigenvalue weighted by Gasteiger charge is -2.25. The number of carbonyl (C=O) groups is 7. The van der Waals surface area contributed by atoms with E-state index < -0.39 is 96.6 Å². The molecule has 14 N–H and O–H groups in total. The van der Waals surface area contributed by atoms with Crippen LogP contribution in [0, 0.1) is 5.92 Å². The van der Waals surface area contributed by atoms with Gasteiger partial charge in [0.25, 0.3) is 0 Å². The first-order valence-corrected chi connectivity index (χ1v) is 14.7. The highest BCUT2D eigenvalue weighted by atomic mass is 16.4. The van der Waals surface area contributed by atoms with E-state index in [-0.39, 0.29) is 19.4 Å². The molecule has 0 unspecified atom stereocenters. The van der Waals surface area contributed by atoms with Gasteiger partial charge in [-0.3, -0.25) is 28.8 Å². The van der Waals surface area contributed by atoms with Crippen molar-refractivity contribution in [2.24, 2.45) is 23.1 Å². The van der Waals surface area contributed by atoms with E-state index in [1.807, 2.05) is 0 Å². The maximum Gasteiger partial charge on any atom is 0.328 e. The molecule has 0 radical (unpaired) electrons. The molecule has 0 spiro atoms. The molecule has 0 aliphatic carbocycles. The van der Waals surface area contributed by atoms with Gasteiger partial charge in [0, 0.05) is 18.3 Å². The van der Waals surface area contributed by atoms with Crippen molar-refractivity contribution in [3.63, 3.8) is 0 Å². The summed E-state index contributed by atoms with van der Waals surface area (Å²) in [4.78, 5) is 93.9. The second-order valence-electron chi connectivity index (χ2n) is 11.0. The molecule has 0 saturated carbocycles. The van der Waals surface area contributed by atoms with Crippen LogP contribution in [0.4, 0.5) is 0 Å². The number of hydrogen-bond acceptors (Lipinski definition) is 11. The van der Waals surface area contributed by atoms with Crippen molar-refractivity contribution in [2.45, 2.75) is 89.2 Å². The molecule has 6 amide bonds. The second kappa shape index (κ2) is 19.7. The van der Waals surface area contributed by atoms with E-state index in [2.05, 4.69) is 36.6 Å². The number of imidazole rings is 1. The molecule has 0 saturated heterocycles. The number of H-pyrrole nitrogens is 1. The van der Waals surface area contributed by atoms with Crippen molar-refractivity contribution in [1.82, 2.24) is 36.6 Å². The third-order valence-corrected chi connectivity index (χ3v) is 6.68. The zero-order valence-electron chi connectivity index (χ0n) is 26.1. The Balaban J connectivity index is 2.90. The largest absolute Gasteiger partial charge is 0.480 e. The molecule has 1 aromatic heterocycles. The lowest BCUT2D eigenvalue weighted by Crippen LogP contribution is -2.58. The molecule has 46 heavy (non-hydrogen) atoms. The second-order valence-corrected chi connectivity index (χ2v) is 11.0. The van der Waals surface area contributed by atoms with Crippen LogP contribution in [-0.2, 0) is 40.0 Å². The minimum Gasteiger partial charge on any atom is -0.480 e. The van der Waals surface area contributed by atoms with Crippen LogP contribution >= 0.6 is 0 Å². The van der Waals surface area contributed by atoms with Crippen LogP contribution in [0.2, 0.25) is 0 Å². The standard InChI is InChI=1S/C27H46N10O9/c1-13(2)21(36-23(41)16(29)8-15-10-31-12-33-15)26(44)32-11-20(40)34-18(9-19(30)39)25(43)35-17(6-4-5-7-28)24(42)37-22(14(3)38)27(45)46/h10,12-14,16-18,21-22,38H,4-9,11,28-29H2,1-3H3,(H2,30,39)(H,31,33)(H,32,44)(H,34,40)(H,35,43)(H,36,41)(H,37,42)(H,45,46)/t14-,16+,17+,18+,21+,22+/m1/s1. The molecule has 1 aromatic rings. The zero-order chi connectivity index (χ0) is 35.0. The highest BCUT2D eigenvalue weighted by molar-refractivity contribution is 5.97. The van der Waals surface area contributed by atoms with Crippen LogP contribution in [0.1, 0.15) is 52.1 Å². The van der Waals surface area contributed by atoms with Crippen LogP contribution in [0.3, 0.4) is 0 Å². The molecule has 6 atom stereocenters. The summed E-state index contributed by atoms with van der Waals surface area (Å²) < 4.78 is 0. The molecule has 0 aliphatic heterocycles. The first-order chi connectivity index (χ1) is 21.6. The Morgan fingerprint density at radius 3 is 2.04 bits per heavy atom. The zero-order valence-corrected chi connectivity index (χ0v) is 26.1. The van der Waals surface area contributed by atoms with Gasteiger partial charge in [-0.15, -0.1) is 0 Å². The number of aliphatic hydroxyl groups is 1. The van der Waals surface area contributed by atoms with E-state index in [1.54, 1.807) is 13.8 Å². The number of nitrogens with one attached hydrogen (secondary N) is 6. The number of aromatic amines is 1. The average molecular weight is 655 g/mol. The molecule has 0 bridgehead atoms. The normalized spacial score (nSPS) is 14.9. The summed E-state index contributed by atoms with van der Waals surface area (Å²) in [7, 11) is 0. The van der Waals surface area contributed by atoms with E-state index in [0.29, 0.717) is 18.5 Å². The molecule has 1 rings (SSSR count). The fourth-order valence-electron chi connectivity index (χ4n) is 4.13. The van der Waals surface area contributed by atoms with Crippen LogP contribution in [0.15, 0.2) is 12.5 Å². The Morgan fingerprint density at radius 2 is 1.52 bits per heavy atom. The van der Waals surface area contributed by atoms with E-state index >= 15 is 0 Å². The maximum absolute atomic E-state index is 13.1. The van der Waals surface area contributed by atoms with Crippen molar-refractivity contribution in [3.8, 4) is 0 Å². The Morgan fingerprint density at radius 1 is 0.891 bits per heavy atom. The summed E-state index contributed by atoms with van der Waals surface area (Å²) in [6.45, 7) is 4.11. The van der Waals surface area contributed by atoms with E-state index in [9.17, 15) is 43.8 Å². The number of carbonyl (C=O) groups excluding carboxylic acids is 6. The average Bonchev–Trinajstić information content (AvgIpc) is 3.48. The smallest absolute Gasteiger partial charge is 0.328 e. The molecular formula is C27H46N10O9. The fraction of sp³-hybridized carbons (Fsp3) is 0.630. The van der Waals surface area contributed by atoms with Gasteiger partial charge in [0.15, 0.2) is 6.04 Å². The van der Waals surface area contributed by atoms with Gasteiger partial charge in [-0.1, -0.05) is 13.8 Å². The van der Waals surface area contributed by atoms with Gasteiger partial charge in [-0.05, 0) is 38.6 Å². The first kappa shape index (κ1) is 39.4. The number of carboxylic acids is 1. The van der Waals surface area contributed by atoms with Gasteiger partial charge in [0.1, 0.15) is 18.1 Å². The summed E-state index contributed by atoms with van der Waals surface area (Å²) in [5.74, 6) is -7.03. The quantitative estimate of drug-likeness (QED) is 0.0558. The van der Waals surface area contributed by atoms with Crippen molar-refractivity contribution >= 4 is 41.4 Å². The number of nitrogens with zero attached hydrogens (tertiary/aromatic N) is 1. The van der Waals surface area contributed by atoms with Gasteiger partial charge in [-0.2, -0.15) is 0 Å². The van der Waals surface area contributed by atoms with Crippen LogP contribution in [0.5, 0.6) is 0 Å². The highest BCUT2D eigenvalue weighted by Crippen LogP contribution is 2.06. The van der Waals surface area contributed by atoms with E-state index in [1.165, 1.54) is 12.5 Å². The molecule has 0 aliphatic rings. The van der Waals surface area contributed by atoms with Crippen molar-refractivity contribution < 1.29 is 43.8 Å². The topological polar surface area (TPSA) is 327 Å². The van der Waals surface area contributed by atoms with E-state index in [0.717, 1.165) is 6.92 Å². The monoisotopic (exact) mass is 654 g/mol.